The van der Waals surface area contributed by atoms with Crippen molar-refractivity contribution in [1.29, 1.82) is 0 Å². The van der Waals surface area contributed by atoms with Gasteiger partial charge in [-0.05, 0) is 31.2 Å². The van der Waals surface area contributed by atoms with Crippen molar-refractivity contribution in [2.75, 3.05) is 13.2 Å². The van der Waals surface area contributed by atoms with Crippen LogP contribution in [-0.2, 0) is 4.74 Å². The van der Waals surface area contributed by atoms with Gasteiger partial charge in [-0.3, -0.25) is 0 Å². The second-order valence-electron chi connectivity index (χ2n) is 5.75. The first-order valence-corrected chi connectivity index (χ1v) is 7.26. The molecule has 0 amide bonds. The lowest BCUT2D eigenvalue weighted by Gasteiger charge is -2.20. The number of halogens is 1. The van der Waals surface area contributed by atoms with E-state index in [0.29, 0.717) is 30.7 Å². The minimum Gasteiger partial charge on any atom is -0.372 e. The van der Waals surface area contributed by atoms with Gasteiger partial charge in [0.25, 0.3) is 0 Å². The summed E-state index contributed by atoms with van der Waals surface area (Å²) in [6.45, 7) is 5.72. The van der Waals surface area contributed by atoms with Gasteiger partial charge in [0.1, 0.15) is 5.82 Å². The highest BCUT2D eigenvalue weighted by Gasteiger charge is 2.23. The maximum atomic E-state index is 13.9. The fourth-order valence-corrected chi connectivity index (χ4v) is 2.00. The van der Waals surface area contributed by atoms with E-state index in [1.165, 1.54) is 18.9 Å². The predicted molar refractivity (Wildman–Crippen MR) is 75.6 cm³/mol. The summed E-state index contributed by atoms with van der Waals surface area (Å²) in [7, 11) is 0. The molecule has 1 aliphatic rings. The van der Waals surface area contributed by atoms with Crippen LogP contribution in [0.4, 0.5) is 4.39 Å². The van der Waals surface area contributed by atoms with Crippen LogP contribution in [0.3, 0.4) is 0 Å². The van der Waals surface area contributed by atoms with Crippen molar-refractivity contribution >= 4 is 0 Å². The van der Waals surface area contributed by atoms with E-state index in [1.54, 1.807) is 6.07 Å². The third kappa shape index (κ3) is 4.92. The minimum absolute atomic E-state index is 0.172. The topological polar surface area (TPSA) is 21.3 Å². The van der Waals surface area contributed by atoms with Crippen LogP contribution < -0.4 is 5.32 Å². The van der Waals surface area contributed by atoms with Crippen molar-refractivity contribution < 1.29 is 9.13 Å². The third-order valence-corrected chi connectivity index (χ3v) is 3.44. The lowest BCUT2D eigenvalue weighted by molar-refractivity contribution is 0.0433. The third-order valence-electron chi connectivity index (χ3n) is 3.44. The van der Waals surface area contributed by atoms with Crippen LogP contribution in [0, 0.1) is 11.7 Å². The molecule has 0 spiro atoms. The molecule has 0 aliphatic heterocycles. The molecule has 1 aromatic rings. The molecule has 0 saturated heterocycles. The van der Waals surface area contributed by atoms with Gasteiger partial charge in [-0.1, -0.05) is 32.0 Å². The molecule has 0 aromatic heterocycles. The van der Waals surface area contributed by atoms with E-state index in [0.717, 1.165) is 6.42 Å². The Kier molecular flexibility index (Phi) is 5.34. The van der Waals surface area contributed by atoms with Crippen molar-refractivity contribution in [2.24, 2.45) is 5.92 Å². The Bertz CT molecular complexity index is 390. The number of rotatable bonds is 8. The predicted octanol–water partition coefficient (Wildman–Crippen LogP) is 3.68. The highest BCUT2D eigenvalue weighted by Crippen LogP contribution is 2.24. The van der Waals surface area contributed by atoms with Crippen molar-refractivity contribution in [3.63, 3.8) is 0 Å². The number of hydrogen-bond donors (Lipinski definition) is 1. The standard InChI is InChI=1S/C16H24FNO/c1-12(2)9-10-19-16(11-18-13-7-8-13)14-5-3-4-6-15(14)17/h3-6,12-13,16,18H,7-11H2,1-2H3. The maximum Gasteiger partial charge on any atom is 0.129 e. The molecule has 2 nitrogen and oxygen atoms in total. The van der Waals surface area contributed by atoms with Gasteiger partial charge in [0.2, 0.25) is 0 Å². The van der Waals surface area contributed by atoms with Gasteiger partial charge in [-0.2, -0.15) is 0 Å². The molecule has 0 heterocycles. The molecule has 0 bridgehead atoms. The van der Waals surface area contributed by atoms with Gasteiger partial charge in [-0.25, -0.2) is 4.39 Å². The summed E-state index contributed by atoms with van der Waals surface area (Å²) in [6, 6.07) is 7.53. The molecule has 1 fully saturated rings. The molecular weight excluding hydrogens is 241 g/mol. The average Bonchev–Trinajstić information content (AvgIpc) is 3.18. The first-order chi connectivity index (χ1) is 9.16. The first-order valence-electron chi connectivity index (χ1n) is 7.26. The molecule has 19 heavy (non-hydrogen) atoms. The molecule has 106 valence electrons. The zero-order chi connectivity index (χ0) is 13.7. The Balaban J connectivity index is 1.93. The second kappa shape index (κ2) is 7.01. The quantitative estimate of drug-likeness (QED) is 0.774. The van der Waals surface area contributed by atoms with Crippen LogP contribution in [0.25, 0.3) is 0 Å². The van der Waals surface area contributed by atoms with Crippen LogP contribution in [-0.4, -0.2) is 19.2 Å². The van der Waals surface area contributed by atoms with Crippen molar-refractivity contribution in [1.82, 2.24) is 5.32 Å². The lowest BCUT2D eigenvalue weighted by atomic mass is 10.1. The van der Waals surface area contributed by atoms with Crippen molar-refractivity contribution in [3.8, 4) is 0 Å². The van der Waals surface area contributed by atoms with Gasteiger partial charge in [0, 0.05) is 24.8 Å². The average molecular weight is 265 g/mol. The van der Waals surface area contributed by atoms with Gasteiger partial charge in [-0.15, -0.1) is 0 Å². The molecule has 1 unspecified atom stereocenters. The highest BCUT2D eigenvalue weighted by atomic mass is 19.1. The van der Waals surface area contributed by atoms with E-state index in [9.17, 15) is 4.39 Å². The monoisotopic (exact) mass is 265 g/mol. The summed E-state index contributed by atoms with van der Waals surface area (Å²) in [5.74, 6) is 0.437. The smallest absolute Gasteiger partial charge is 0.129 e. The summed E-state index contributed by atoms with van der Waals surface area (Å²) in [6.07, 6.45) is 3.29. The van der Waals surface area contributed by atoms with Crippen molar-refractivity contribution in [3.05, 3.63) is 35.6 Å². The summed E-state index contributed by atoms with van der Waals surface area (Å²) < 4.78 is 19.8. The van der Waals surface area contributed by atoms with Gasteiger partial charge >= 0.3 is 0 Å². The Labute approximate surface area is 115 Å². The van der Waals surface area contributed by atoms with E-state index in [4.69, 9.17) is 4.74 Å². The largest absolute Gasteiger partial charge is 0.372 e. The van der Waals surface area contributed by atoms with E-state index in [1.807, 2.05) is 12.1 Å². The molecule has 0 radical (unpaired) electrons. The van der Waals surface area contributed by atoms with Crippen LogP contribution in [0.15, 0.2) is 24.3 Å². The van der Waals surface area contributed by atoms with E-state index >= 15 is 0 Å². The van der Waals surface area contributed by atoms with Crippen LogP contribution in [0.2, 0.25) is 0 Å². The lowest BCUT2D eigenvalue weighted by Crippen LogP contribution is -2.26. The van der Waals surface area contributed by atoms with E-state index in [-0.39, 0.29) is 11.9 Å². The minimum atomic E-state index is -0.180. The molecule has 1 atom stereocenters. The highest BCUT2D eigenvalue weighted by molar-refractivity contribution is 5.20. The Hall–Kier alpha value is -0.930. The Morgan fingerprint density at radius 2 is 2.05 bits per heavy atom. The second-order valence-corrected chi connectivity index (χ2v) is 5.75. The van der Waals surface area contributed by atoms with Gasteiger partial charge < -0.3 is 10.1 Å². The molecule has 1 aliphatic carbocycles. The van der Waals surface area contributed by atoms with Crippen molar-refractivity contribution in [2.45, 2.75) is 45.3 Å². The van der Waals surface area contributed by atoms with Gasteiger partial charge in [0.05, 0.1) is 6.10 Å². The summed E-state index contributed by atoms with van der Waals surface area (Å²) in [4.78, 5) is 0. The molecular formula is C16H24FNO. The summed E-state index contributed by atoms with van der Waals surface area (Å²) in [5, 5.41) is 3.43. The van der Waals surface area contributed by atoms with E-state index < -0.39 is 0 Å². The fraction of sp³-hybridized carbons (Fsp3) is 0.625. The Morgan fingerprint density at radius 3 is 2.68 bits per heavy atom. The zero-order valence-corrected chi connectivity index (χ0v) is 11.9. The van der Waals surface area contributed by atoms with Crippen LogP contribution >= 0.6 is 0 Å². The molecule has 2 rings (SSSR count). The molecule has 3 heteroatoms. The number of nitrogens with one attached hydrogen (secondary N) is 1. The number of hydrogen-bond acceptors (Lipinski definition) is 2. The number of ether oxygens (including phenoxy) is 1. The van der Waals surface area contributed by atoms with E-state index in [2.05, 4.69) is 19.2 Å². The maximum absolute atomic E-state index is 13.9. The zero-order valence-electron chi connectivity index (χ0n) is 11.9. The Morgan fingerprint density at radius 1 is 1.32 bits per heavy atom. The normalized spacial score (nSPS) is 16.8. The van der Waals surface area contributed by atoms with Gasteiger partial charge in [0.15, 0.2) is 0 Å². The summed E-state index contributed by atoms with van der Waals surface area (Å²) in [5.41, 5.74) is 0.666. The number of benzene rings is 1. The van der Waals surface area contributed by atoms with Crippen LogP contribution in [0.1, 0.15) is 44.8 Å². The van der Waals surface area contributed by atoms with Crippen LogP contribution in [0.5, 0.6) is 0 Å². The molecule has 1 N–H and O–H groups in total. The summed E-state index contributed by atoms with van der Waals surface area (Å²) >= 11 is 0. The molecule has 1 saturated carbocycles. The SMILES string of the molecule is CC(C)CCOC(CNC1CC1)c1ccccc1F. The fourth-order valence-electron chi connectivity index (χ4n) is 2.00. The molecule has 1 aromatic carbocycles. The first kappa shape index (κ1) is 14.5.